The van der Waals surface area contributed by atoms with Crippen molar-refractivity contribution in [2.24, 2.45) is 0 Å². The number of benzene rings is 2. The van der Waals surface area contributed by atoms with Crippen molar-refractivity contribution in [2.75, 3.05) is 25.0 Å². The Bertz CT molecular complexity index is 1330. The average molecular weight is 564 g/mol. The molecular formula is C23H29N6O9P. The summed E-state index contributed by atoms with van der Waals surface area (Å²) in [4.78, 5) is 52.1. The Morgan fingerprint density at radius 1 is 0.923 bits per heavy atom. The van der Waals surface area contributed by atoms with Crippen molar-refractivity contribution in [1.82, 2.24) is 20.9 Å². The summed E-state index contributed by atoms with van der Waals surface area (Å²) in [6.07, 6.45) is 3.25. The summed E-state index contributed by atoms with van der Waals surface area (Å²) in [5.74, 6) is -0.253. The van der Waals surface area contributed by atoms with Crippen LogP contribution in [0.1, 0.15) is 37.7 Å². The number of carbonyl (C=O) groups excluding carboxylic acids is 2. The summed E-state index contributed by atoms with van der Waals surface area (Å²) in [5.41, 5.74) is 1.59. The van der Waals surface area contributed by atoms with Gasteiger partial charge in [-0.25, -0.2) is 9.19 Å². The highest BCUT2D eigenvalue weighted by Gasteiger charge is 2.19. The normalized spacial score (nSPS) is 11.2. The van der Waals surface area contributed by atoms with E-state index in [-0.39, 0.29) is 35.2 Å². The Balaban J connectivity index is 1.22. The molecule has 0 aliphatic heterocycles. The van der Waals surface area contributed by atoms with Crippen LogP contribution in [0.3, 0.4) is 0 Å². The molecule has 2 amide bonds. The van der Waals surface area contributed by atoms with Gasteiger partial charge in [0, 0.05) is 38.5 Å². The number of amides is 2. The highest BCUT2D eigenvalue weighted by molar-refractivity contribution is 7.46. The minimum absolute atomic E-state index is 0.0394. The van der Waals surface area contributed by atoms with Crippen molar-refractivity contribution in [3.05, 3.63) is 52.1 Å². The van der Waals surface area contributed by atoms with Gasteiger partial charge in [-0.1, -0.05) is 18.6 Å². The van der Waals surface area contributed by atoms with Crippen molar-refractivity contribution < 1.29 is 38.0 Å². The van der Waals surface area contributed by atoms with Crippen molar-refractivity contribution >= 4 is 42.0 Å². The Kier molecular flexibility index (Phi) is 10.7. The van der Waals surface area contributed by atoms with Gasteiger partial charge in [0.15, 0.2) is 5.52 Å². The predicted molar refractivity (Wildman–Crippen MR) is 139 cm³/mol. The number of nitrogens with one attached hydrogen (secondary N) is 3. The zero-order valence-corrected chi connectivity index (χ0v) is 21.8. The van der Waals surface area contributed by atoms with Crippen LogP contribution in [-0.2, 0) is 20.6 Å². The van der Waals surface area contributed by atoms with Crippen LogP contribution in [0.25, 0.3) is 11.0 Å². The maximum Gasteiger partial charge on any atom is 0.524 e. The number of fused-ring (bicyclic) bond motifs is 1. The third kappa shape index (κ3) is 9.96. The monoisotopic (exact) mass is 564 g/mol. The molecule has 0 radical (unpaired) electrons. The molecule has 16 heteroatoms. The van der Waals surface area contributed by atoms with Gasteiger partial charge >= 0.3 is 13.5 Å². The van der Waals surface area contributed by atoms with E-state index in [9.17, 15) is 24.3 Å². The lowest BCUT2D eigenvalue weighted by atomic mass is 10.1. The fraction of sp³-hybridized carbons (Fsp3) is 0.391. The molecule has 210 valence electrons. The van der Waals surface area contributed by atoms with Crippen molar-refractivity contribution in [3.63, 3.8) is 0 Å². The van der Waals surface area contributed by atoms with Crippen LogP contribution < -0.4 is 20.5 Å². The molecule has 0 saturated carbocycles. The number of unbranched alkanes of at least 4 members (excludes halogenated alkanes) is 2. The summed E-state index contributed by atoms with van der Waals surface area (Å²) in [6, 6.07) is 8.99. The first-order chi connectivity index (χ1) is 18.6. The van der Waals surface area contributed by atoms with E-state index in [1.165, 1.54) is 18.2 Å². The molecule has 3 aromatic rings. The van der Waals surface area contributed by atoms with Crippen LogP contribution in [0.2, 0.25) is 0 Å². The maximum atomic E-state index is 12.0. The third-order valence-corrected chi connectivity index (χ3v) is 5.99. The van der Waals surface area contributed by atoms with E-state index >= 15 is 0 Å². The Morgan fingerprint density at radius 3 is 2.26 bits per heavy atom. The minimum Gasteiger partial charge on any atom is -0.404 e. The van der Waals surface area contributed by atoms with Crippen LogP contribution in [0.4, 0.5) is 11.4 Å². The molecule has 5 N–H and O–H groups in total. The lowest BCUT2D eigenvalue weighted by Crippen LogP contribution is -2.34. The van der Waals surface area contributed by atoms with Crippen LogP contribution in [-0.4, -0.2) is 56.5 Å². The van der Waals surface area contributed by atoms with Gasteiger partial charge in [-0.3, -0.25) is 29.5 Å². The molecule has 39 heavy (non-hydrogen) atoms. The predicted octanol–water partition coefficient (Wildman–Crippen LogP) is 2.44. The molecule has 0 unspecified atom stereocenters. The molecule has 15 nitrogen and oxygen atoms in total. The lowest BCUT2D eigenvalue weighted by Gasteiger charge is -2.09. The van der Waals surface area contributed by atoms with E-state index in [0.717, 1.165) is 18.4 Å². The largest absolute Gasteiger partial charge is 0.524 e. The van der Waals surface area contributed by atoms with Crippen LogP contribution in [0, 0.1) is 10.1 Å². The Labute approximate surface area is 222 Å². The van der Waals surface area contributed by atoms with Gasteiger partial charge in [-0.15, -0.1) is 0 Å². The zero-order chi connectivity index (χ0) is 28.3. The smallest absolute Gasteiger partial charge is 0.404 e. The topological polar surface area (TPSA) is 219 Å². The third-order valence-electron chi connectivity index (χ3n) is 5.54. The van der Waals surface area contributed by atoms with Gasteiger partial charge in [0.1, 0.15) is 5.75 Å². The number of hydrogen-bond donors (Lipinski definition) is 5. The molecule has 0 bridgehead atoms. The molecule has 0 fully saturated rings. The molecular weight excluding hydrogens is 535 g/mol. The quantitative estimate of drug-likeness (QED) is 0.0733. The highest BCUT2D eigenvalue weighted by Crippen LogP contribution is 2.37. The molecule has 3 rings (SSSR count). The first-order valence-electron chi connectivity index (χ1n) is 12.1. The van der Waals surface area contributed by atoms with E-state index < -0.39 is 12.7 Å². The first kappa shape index (κ1) is 29.5. The Morgan fingerprint density at radius 2 is 1.59 bits per heavy atom. The zero-order valence-electron chi connectivity index (χ0n) is 20.9. The fourth-order valence-electron chi connectivity index (χ4n) is 3.65. The van der Waals surface area contributed by atoms with E-state index in [1.807, 2.05) is 0 Å². The number of phosphoric ester groups is 1. The van der Waals surface area contributed by atoms with E-state index in [0.29, 0.717) is 50.1 Å². The summed E-state index contributed by atoms with van der Waals surface area (Å²) >= 11 is 0. The van der Waals surface area contributed by atoms with Crippen LogP contribution >= 0.6 is 7.82 Å². The number of hydrogen-bond acceptors (Lipinski definition) is 10. The summed E-state index contributed by atoms with van der Waals surface area (Å²) in [7, 11) is -4.61. The second-order valence-electron chi connectivity index (χ2n) is 8.51. The molecule has 0 atom stereocenters. The summed E-state index contributed by atoms with van der Waals surface area (Å²) in [5, 5.41) is 27.0. The second kappa shape index (κ2) is 14.2. The highest BCUT2D eigenvalue weighted by atomic mass is 31.2. The number of aryl methyl sites for hydroxylation is 1. The number of nitro benzene ring substituents is 1. The van der Waals surface area contributed by atoms with Crippen LogP contribution in [0.15, 0.2) is 41.0 Å². The van der Waals surface area contributed by atoms with Crippen molar-refractivity contribution in [1.29, 1.82) is 0 Å². The molecule has 0 aliphatic carbocycles. The Hall–Kier alpha value is -4.07. The van der Waals surface area contributed by atoms with Gasteiger partial charge in [-0.2, -0.15) is 0 Å². The number of anilines is 1. The summed E-state index contributed by atoms with van der Waals surface area (Å²) in [6.45, 7) is 1.19. The van der Waals surface area contributed by atoms with Gasteiger partial charge in [-0.05, 0) is 53.3 Å². The lowest BCUT2D eigenvalue weighted by molar-refractivity contribution is -0.383. The van der Waals surface area contributed by atoms with Crippen LogP contribution in [0.5, 0.6) is 5.75 Å². The van der Waals surface area contributed by atoms with Gasteiger partial charge in [0.25, 0.3) is 0 Å². The van der Waals surface area contributed by atoms with Gasteiger partial charge < -0.3 is 20.5 Å². The van der Waals surface area contributed by atoms with Crippen molar-refractivity contribution in [3.8, 4) is 5.75 Å². The SMILES string of the molecule is O=C(CCCCCNc1ccc([N+](=O)[O-])c2nonc12)NCCNC(=O)CCc1ccc(OP(=O)(O)O)cc1. The second-order valence-corrected chi connectivity index (χ2v) is 9.68. The molecule has 0 saturated heterocycles. The molecule has 2 aromatic carbocycles. The van der Waals surface area contributed by atoms with Gasteiger partial charge in [0.2, 0.25) is 17.3 Å². The summed E-state index contributed by atoms with van der Waals surface area (Å²) < 4.78 is 19.9. The number of phosphoric acid groups is 1. The van der Waals surface area contributed by atoms with E-state index in [1.54, 1.807) is 18.2 Å². The molecule has 0 spiro atoms. The first-order valence-corrected chi connectivity index (χ1v) is 13.7. The number of carbonyl (C=O) groups is 2. The minimum atomic E-state index is -4.61. The number of nitro groups is 1. The average Bonchev–Trinajstić information content (AvgIpc) is 3.37. The maximum absolute atomic E-state index is 12.0. The number of aromatic nitrogens is 2. The fourth-order valence-corrected chi connectivity index (χ4v) is 4.04. The standard InChI is InChI=1S/C23H29N6O9P/c30-20(4-2-1-3-13-24-18-10-11-19(29(32)33)23-22(18)27-38-28-23)25-14-15-26-21(31)12-7-16-5-8-17(9-6-16)37-39(34,35)36/h5-6,8-11,24H,1-4,7,12-15H2,(H,25,30)(H,26,31)(H2,34,35,36). The number of rotatable bonds is 16. The van der Waals surface area contributed by atoms with Crippen molar-refractivity contribution in [2.45, 2.75) is 38.5 Å². The van der Waals surface area contributed by atoms with E-state index in [2.05, 4.69) is 35.4 Å². The molecule has 1 heterocycles. The number of nitrogens with zero attached hydrogens (tertiary/aromatic N) is 3. The van der Waals surface area contributed by atoms with Gasteiger partial charge in [0.05, 0.1) is 10.6 Å². The molecule has 0 aliphatic rings. The number of non-ortho nitro benzene ring substituents is 1. The molecule has 1 aromatic heterocycles. The van der Waals surface area contributed by atoms with E-state index in [4.69, 9.17) is 9.79 Å².